The summed E-state index contributed by atoms with van der Waals surface area (Å²) in [7, 11) is 0. The first-order valence-corrected chi connectivity index (χ1v) is 10.2. The number of thiazole rings is 1. The number of nitrogens with zero attached hydrogens (tertiary/aromatic N) is 2. The molecule has 0 aliphatic carbocycles. The minimum atomic E-state index is -0.400. The highest BCUT2D eigenvalue weighted by molar-refractivity contribution is 7.16. The Morgan fingerprint density at radius 1 is 1.18 bits per heavy atom. The fourth-order valence-corrected chi connectivity index (χ4v) is 4.43. The van der Waals surface area contributed by atoms with Crippen molar-refractivity contribution in [3.05, 3.63) is 72.4 Å². The fraction of sp³-hybridized carbons (Fsp3) is 0.158. The quantitative estimate of drug-likeness (QED) is 0.526. The van der Waals surface area contributed by atoms with Crippen LogP contribution in [0.4, 0.5) is 0 Å². The molecule has 28 heavy (non-hydrogen) atoms. The molecule has 1 amide bonds. The van der Waals surface area contributed by atoms with Gasteiger partial charge in [0.2, 0.25) is 5.91 Å². The summed E-state index contributed by atoms with van der Waals surface area (Å²) < 4.78 is 1.04. The van der Waals surface area contributed by atoms with Gasteiger partial charge in [-0.1, -0.05) is 12.1 Å². The van der Waals surface area contributed by atoms with Gasteiger partial charge >= 0.3 is 0 Å². The van der Waals surface area contributed by atoms with Gasteiger partial charge in [-0.15, -0.1) is 22.7 Å². The van der Waals surface area contributed by atoms with Crippen LogP contribution in [0.1, 0.15) is 9.88 Å². The van der Waals surface area contributed by atoms with Crippen molar-refractivity contribution < 1.29 is 4.79 Å². The molecule has 0 aliphatic heterocycles. The molecular weight excluding hydrogens is 396 g/mol. The fourth-order valence-electron chi connectivity index (χ4n) is 2.83. The molecule has 0 bridgehead atoms. The van der Waals surface area contributed by atoms with Gasteiger partial charge in [-0.2, -0.15) is 0 Å². The van der Waals surface area contributed by atoms with Crippen LogP contribution in [0.2, 0.25) is 0 Å². The van der Waals surface area contributed by atoms with E-state index in [1.54, 1.807) is 46.9 Å². The number of thiophene rings is 1. The number of benzene rings is 1. The second-order valence-corrected chi connectivity index (χ2v) is 8.40. The summed E-state index contributed by atoms with van der Waals surface area (Å²) in [5.41, 5.74) is 0.137. The average molecular weight is 412 g/mol. The highest BCUT2D eigenvalue weighted by Crippen LogP contribution is 2.28. The number of aromatic amines is 1. The molecule has 142 valence electrons. The molecule has 9 heteroatoms. The lowest BCUT2D eigenvalue weighted by atomic mass is 10.2. The van der Waals surface area contributed by atoms with Crippen LogP contribution in [0.5, 0.6) is 0 Å². The maximum absolute atomic E-state index is 12.5. The molecule has 2 N–H and O–H groups in total. The van der Waals surface area contributed by atoms with Crippen LogP contribution < -0.4 is 16.4 Å². The number of H-pyrrole nitrogens is 1. The van der Waals surface area contributed by atoms with Crippen molar-refractivity contribution in [2.24, 2.45) is 0 Å². The van der Waals surface area contributed by atoms with Gasteiger partial charge in [0, 0.05) is 10.3 Å². The third kappa shape index (κ3) is 3.67. The van der Waals surface area contributed by atoms with Crippen LogP contribution in [0.15, 0.2) is 51.4 Å². The summed E-state index contributed by atoms with van der Waals surface area (Å²) in [6, 6.07) is 10.5. The van der Waals surface area contributed by atoms with Crippen molar-refractivity contribution in [1.29, 1.82) is 0 Å². The van der Waals surface area contributed by atoms with Gasteiger partial charge < -0.3 is 5.32 Å². The molecule has 0 fully saturated rings. The number of hydrogen-bond donors (Lipinski definition) is 2. The number of carbonyl (C=O) groups excluding carboxylic acids is 1. The average Bonchev–Trinajstić information content (AvgIpc) is 3.33. The zero-order valence-corrected chi connectivity index (χ0v) is 16.5. The summed E-state index contributed by atoms with van der Waals surface area (Å²) in [5.74, 6) is -0.354. The monoisotopic (exact) mass is 412 g/mol. The van der Waals surface area contributed by atoms with Crippen LogP contribution in [0.25, 0.3) is 21.3 Å². The minimum absolute atomic E-state index is 0.248. The number of aryl methyl sites for hydroxylation is 1. The number of aromatic nitrogens is 3. The largest absolute Gasteiger partial charge is 0.350 e. The highest BCUT2D eigenvalue weighted by atomic mass is 32.1. The van der Waals surface area contributed by atoms with Crippen molar-refractivity contribution in [3.8, 4) is 10.6 Å². The number of amides is 1. The molecule has 3 aromatic heterocycles. The van der Waals surface area contributed by atoms with Gasteiger partial charge in [0.15, 0.2) is 0 Å². The predicted molar refractivity (Wildman–Crippen MR) is 111 cm³/mol. The van der Waals surface area contributed by atoms with E-state index in [0.29, 0.717) is 17.3 Å². The molecule has 4 rings (SSSR count). The summed E-state index contributed by atoms with van der Waals surface area (Å²) in [5, 5.41) is 8.86. The van der Waals surface area contributed by atoms with Crippen molar-refractivity contribution in [1.82, 2.24) is 20.1 Å². The number of carbonyl (C=O) groups is 1. The lowest BCUT2D eigenvalue weighted by Gasteiger charge is -2.07. The van der Waals surface area contributed by atoms with Crippen LogP contribution in [0.3, 0.4) is 0 Å². The van der Waals surface area contributed by atoms with E-state index in [1.807, 2.05) is 24.4 Å². The SMILES string of the molecule is Cc1nc(-c2ccc(CNC(=O)Cn3[nH]c(=O)c4ccccc4c3=O)s2)cs1. The first kappa shape index (κ1) is 18.3. The molecule has 4 aromatic rings. The molecule has 7 nitrogen and oxygen atoms in total. The van der Waals surface area contributed by atoms with Gasteiger partial charge in [0.05, 0.1) is 32.9 Å². The zero-order valence-electron chi connectivity index (χ0n) is 14.9. The summed E-state index contributed by atoms with van der Waals surface area (Å²) in [6.45, 7) is 2.06. The second kappa shape index (κ2) is 7.53. The zero-order chi connectivity index (χ0) is 19.7. The van der Waals surface area contributed by atoms with E-state index in [1.165, 1.54) is 0 Å². The first-order valence-electron chi connectivity index (χ1n) is 8.51. The molecule has 0 atom stereocenters. The van der Waals surface area contributed by atoms with E-state index in [2.05, 4.69) is 15.4 Å². The molecule has 0 radical (unpaired) electrons. The van der Waals surface area contributed by atoms with Crippen molar-refractivity contribution >= 4 is 39.4 Å². The molecule has 0 aliphatic rings. The van der Waals surface area contributed by atoms with E-state index in [4.69, 9.17) is 0 Å². The van der Waals surface area contributed by atoms with E-state index >= 15 is 0 Å². The van der Waals surface area contributed by atoms with Crippen LogP contribution in [-0.4, -0.2) is 20.7 Å². The number of nitrogens with one attached hydrogen (secondary N) is 2. The Bertz CT molecular complexity index is 1280. The van der Waals surface area contributed by atoms with Crippen LogP contribution in [0, 0.1) is 6.92 Å². The van der Waals surface area contributed by atoms with Crippen molar-refractivity contribution in [3.63, 3.8) is 0 Å². The number of hydrogen-bond acceptors (Lipinski definition) is 6. The Hall–Kier alpha value is -3.04. The van der Waals surface area contributed by atoms with E-state index in [-0.39, 0.29) is 12.5 Å². The molecule has 0 spiro atoms. The Balaban J connectivity index is 1.45. The summed E-state index contributed by atoms with van der Waals surface area (Å²) in [4.78, 5) is 43.3. The van der Waals surface area contributed by atoms with Crippen molar-refractivity contribution in [2.75, 3.05) is 0 Å². The van der Waals surface area contributed by atoms with Crippen molar-refractivity contribution in [2.45, 2.75) is 20.0 Å². The lowest BCUT2D eigenvalue weighted by Crippen LogP contribution is -2.36. The minimum Gasteiger partial charge on any atom is -0.350 e. The van der Waals surface area contributed by atoms with E-state index in [9.17, 15) is 14.4 Å². The Labute approximate surface area is 167 Å². The van der Waals surface area contributed by atoms with Gasteiger partial charge in [-0.3, -0.25) is 19.5 Å². The number of fused-ring (bicyclic) bond motifs is 1. The van der Waals surface area contributed by atoms with Crippen LogP contribution >= 0.6 is 22.7 Å². The Morgan fingerprint density at radius 3 is 2.71 bits per heavy atom. The number of rotatable bonds is 5. The van der Waals surface area contributed by atoms with Crippen LogP contribution in [-0.2, 0) is 17.9 Å². The summed E-state index contributed by atoms with van der Waals surface area (Å²) >= 11 is 3.15. The predicted octanol–water partition coefficient (Wildman–Crippen LogP) is 2.50. The van der Waals surface area contributed by atoms with Gasteiger partial charge in [0.25, 0.3) is 11.1 Å². The van der Waals surface area contributed by atoms with Gasteiger partial charge in [-0.25, -0.2) is 9.67 Å². The third-order valence-electron chi connectivity index (χ3n) is 4.18. The topological polar surface area (TPSA) is 96.8 Å². The maximum Gasteiger partial charge on any atom is 0.273 e. The highest BCUT2D eigenvalue weighted by Gasteiger charge is 2.11. The Morgan fingerprint density at radius 2 is 1.96 bits per heavy atom. The molecule has 0 saturated carbocycles. The molecular formula is C19H16N4O3S2. The molecule has 0 saturated heterocycles. The maximum atomic E-state index is 12.5. The normalized spacial score (nSPS) is 11.0. The van der Waals surface area contributed by atoms with E-state index < -0.39 is 11.1 Å². The lowest BCUT2D eigenvalue weighted by molar-refractivity contribution is -0.122. The van der Waals surface area contributed by atoms with Gasteiger partial charge in [-0.05, 0) is 31.2 Å². The summed E-state index contributed by atoms with van der Waals surface area (Å²) in [6.07, 6.45) is 0. The first-order chi connectivity index (χ1) is 13.5. The second-order valence-electron chi connectivity index (χ2n) is 6.17. The standard InChI is InChI=1S/C19H16N4O3S2/c1-11-21-15(10-27-11)16-7-6-12(28-16)8-20-17(24)9-23-19(26)14-5-3-2-4-13(14)18(25)22-23/h2-7,10H,8-9H2,1H3,(H,20,24)(H,22,25). The van der Waals surface area contributed by atoms with Gasteiger partial charge in [0.1, 0.15) is 6.54 Å². The third-order valence-corrected chi connectivity index (χ3v) is 6.06. The van der Waals surface area contributed by atoms with E-state index in [0.717, 1.165) is 25.1 Å². The Kier molecular flexibility index (Phi) is 4.93. The molecule has 1 aromatic carbocycles. The molecule has 3 heterocycles. The smallest absolute Gasteiger partial charge is 0.273 e. The molecule has 0 unspecified atom stereocenters.